The van der Waals surface area contributed by atoms with Gasteiger partial charge in [-0.25, -0.2) is 0 Å². The molecule has 0 amide bonds. The van der Waals surface area contributed by atoms with Gasteiger partial charge in [0.25, 0.3) is 0 Å². The molecule has 0 atom stereocenters. The van der Waals surface area contributed by atoms with Gasteiger partial charge in [0.2, 0.25) is 0 Å². The summed E-state index contributed by atoms with van der Waals surface area (Å²) in [5.41, 5.74) is 8.34. The topological polar surface area (TPSA) is 51.8 Å². The minimum atomic E-state index is 0.597. The Balaban J connectivity index is 2.36. The number of pyridine rings is 2. The molecule has 0 aromatic carbocycles. The second-order valence-corrected chi connectivity index (χ2v) is 3.87. The molecule has 0 aliphatic rings. The summed E-state index contributed by atoms with van der Waals surface area (Å²) in [5.74, 6) is 0. The Kier molecular flexibility index (Phi) is 3.49. The van der Waals surface area contributed by atoms with Gasteiger partial charge < -0.3 is 5.73 Å². The number of rotatable bonds is 3. The number of aromatic nitrogens is 2. The zero-order chi connectivity index (χ0) is 11.4. The Hall–Kier alpha value is -1.45. The summed E-state index contributed by atoms with van der Waals surface area (Å²) in [6.45, 7) is 0.597. The smallest absolute Gasteiger partial charge is 0.0717 e. The van der Waals surface area contributed by atoms with Gasteiger partial charge in [0.05, 0.1) is 5.69 Å². The summed E-state index contributed by atoms with van der Waals surface area (Å²) in [6.07, 6.45) is 4.23. The van der Waals surface area contributed by atoms with Crippen LogP contribution < -0.4 is 5.73 Å². The van der Waals surface area contributed by atoms with Crippen LogP contribution >= 0.6 is 11.6 Å². The lowest BCUT2D eigenvalue weighted by molar-refractivity contribution is 0.923. The van der Waals surface area contributed by atoms with E-state index in [9.17, 15) is 0 Å². The SMILES string of the molecule is NCCc1cc(-c2cc(Cl)ccn2)ccn1. The Labute approximate surface area is 99.3 Å². The highest BCUT2D eigenvalue weighted by Gasteiger charge is 2.01. The molecule has 2 heterocycles. The number of halogens is 1. The fourth-order valence-electron chi connectivity index (χ4n) is 1.48. The normalized spacial score (nSPS) is 10.4. The van der Waals surface area contributed by atoms with Crippen LogP contribution in [0, 0.1) is 0 Å². The first-order valence-electron chi connectivity index (χ1n) is 5.06. The first kappa shape index (κ1) is 11.0. The van der Waals surface area contributed by atoms with Crippen molar-refractivity contribution in [2.24, 2.45) is 5.73 Å². The first-order valence-corrected chi connectivity index (χ1v) is 5.44. The lowest BCUT2D eigenvalue weighted by atomic mass is 10.1. The van der Waals surface area contributed by atoms with Crippen molar-refractivity contribution in [3.05, 3.63) is 47.4 Å². The van der Waals surface area contributed by atoms with Crippen molar-refractivity contribution >= 4 is 11.6 Å². The minimum Gasteiger partial charge on any atom is -0.330 e. The molecule has 4 heteroatoms. The summed E-state index contributed by atoms with van der Waals surface area (Å²) < 4.78 is 0. The van der Waals surface area contributed by atoms with E-state index in [-0.39, 0.29) is 0 Å². The maximum atomic E-state index is 5.92. The Bertz CT molecular complexity index is 485. The van der Waals surface area contributed by atoms with Gasteiger partial charge in [-0.05, 0) is 30.8 Å². The van der Waals surface area contributed by atoms with Crippen molar-refractivity contribution in [3.63, 3.8) is 0 Å². The van der Waals surface area contributed by atoms with Gasteiger partial charge >= 0.3 is 0 Å². The van der Waals surface area contributed by atoms with Gasteiger partial charge in [-0.1, -0.05) is 11.6 Å². The molecular weight excluding hydrogens is 222 g/mol. The van der Waals surface area contributed by atoms with Gasteiger partial charge in [-0.3, -0.25) is 9.97 Å². The number of nitrogens with zero attached hydrogens (tertiary/aromatic N) is 2. The van der Waals surface area contributed by atoms with Gasteiger partial charge in [-0.2, -0.15) is 0 Å². The lowest BCUT2D eigenvalue weighted by Gasteiger charge is -2.03. The van der Waals surface area contributed by atoms with Crippen LogP contribution in [0.3, 0.4) is 0 Å². The summed E-state index contributed by atoms with van der Waals surface area (Å²) in [5, 5.41) is 0.683. The third kappa shape index (κ3) is 2.56. The van der Waals surface area contributed by atoms with Crippen LogP contribution in [-0.2, 0) is 6.42 Å². The van der Waals surface area contributed by atoms with Crippen molar-refractivity contribution < 1.29 is 0 Å². The third-order valence-corrected chi connectivity index (χ3v) is 2.47. The standard InChI is InChI=1S/C12H12ClN3/c13-10-3-6-16-12(8-10)9-2-5-15-11(7-9)1-4-14/h2-3,5-8H,1,4,14H2. The molecular formula is C12H12ClN3. The number of hydrogen-bond donors (Lipinski definition) is 1. The predicted octanol–water partition coefficient (Wildman–Crippen LogP) is 2.30. The Morgan fingerprint density at radius 1 is 1.12 bits per heavy atom. The molecule has 2 aromatic rings. The molecule has 0 radical (unpaired) electrons. The molecule has 16 heavy (non-hydrogen) atoms. The Morgan fingerprint density at radius 3 is 2.69 bits per heavy atom. The quantitative estimate of drug-likeness (QED) is 0.885. The van der Waals surface area contributed by atoms with Gasteiger partial charge in [0.15, 0.2) is 0 Å². The lowest BCUT2D eigenvalue weighted by Crippen LogP contribution is -2.04. The van der Waals surface area contributed by atoms with Crippen molar-refractivity contribution in [3.8, 4) is 11.3 Å². The van der Waals surface area contributed by atoms with Crippen LogP contribution in [0.25, 0.3) is 11.3 Å². The summed E-state index contributed by atoms with van der Waals surface area (Å²) >= 11 is 5.92. The zero-order valence-corrected chi connectivity index (χ0v) is 9.48. The zero-order valence-electron chi connectivity index (χ0n) is 8.73. The van der Waals surface area contributed by atoms with E-state index in [1.165, 1.54) is 0 Å². The van der Waals surface area contributed by atoms with E-state index in [2.05, 4.69) is 9.97 Å². The molecule has 2 N–H and O–H groups in total. The fourth-order valence-corrected chi connectivity index (χ4v) is 1.64. The monoisotopic (exact) mass is 233 g/mol. The molecule has 0 aliphatic heterocycles. The molecule has 2 rings (SSSR count). The van der Waals surface area contributed by atoms with Crippen LogP contribution in [0.2, 0.25) is 5.02 Å². The van der Waals surface area contributed by atoms with Gasteiger partial charge in [0.1, 0.15) is 0 Å². The molecule has 0 spiro atoms. The second-order valence-electron chi connectivity index (χ2n) is 3.43. The maximum Gasteiger partial charge on any atom is 0.0717 e. The minimum absolute atomic E-state index is 0.597. The van der Waals surface area contributed by atoms with Gasteiger partial charge in [-0.15, -0.1) is 0 Å². The van der Waals surface area contributed by atoms with Crippen LogP contribution in [0.4, 0.5) is 0 Å². The molecule has 0 saturated heterocycles. The average Bonchev–Trinajstić information content (AvgIpc) is 2.30. The van der Waals surface area contributed by atoms with E-state index in [1.54, 1.807) is 18.5 Å². The second kappa shape index (κ2) is 5.05. The van der Waals surface area contributed by atoms with Crippen LogP contribution in [0.5, 0.6) is 0 Å². The molecule has 0 aliphatic carbocycles. The van der Waals surface area contributed by atoms with Crippen molar-refractivity contribution in [1.82, 2.24) is 9.97 Å². The molecule has 2 aromatic heterocycles. The molecule has 0 fully saturated rings. The van der Waals surface area contributed by atoms with Crippen molar-refractivity contribution in [2.45, 2.75) is 6.42 Å². The maximum absolute atomic E-state index is 5.92. The predicted molar refractivity (Wildman–Crippen MR) is 65.2 cm³/mol. The van der Waals surface area contributed by atoms with E-state index >= 15 is 0 Å². The molecule has 82 valence electrons. The highest BCUT2D eigenvalue weighted by molar-refractivity contribution is 6.30. The highest BCUT2D eigenvalue weighted by Crippen LogP contribution is 2.20. The van der Waals surface area contributed by atoms with E-state index in [0.29, 0.717) is 11.6 Å². The highest BCUT2D eigenvalue weighted by atomic mass is 35.5. The summed E-state index contributed by atoms with van der Waals surface area (Å²) in [6, 6.07) is 7.50. The number of nitrogens with two attached hydrogens (primary N) is 1. The van der Waals surface area contributed by atoms with Gasteiger partial charge in [0, 0.05) is 35.1 Å². The molecule has 0 saturated carbocycles. The largest absolute Gasteiger partial charge is 0.330 e. The van der Waals surface area contributed by atoms with E-state index in [1.807, 2.05) is 18.2 Å². The van der Waals surface area contributed by atoms with Crippen molar-refractivity contribution in [1.29, 1.82) is 0 Å². The van der Waals surface area contributed by atoms with Crippen LogP contribution in [-0.4, -0.2) is 16.5 Å². The van der Waals surface area contributed by atoms with Crippen molar-refractivity contribution in [2.75, 3.05) is 6.54 Å². The average molecular weight is 234 g/mol. The summed E-state index contributed by atoms with van der Waals surface area (Å²) in [4.78, 5) is 8.50. The first-order chi connectivity index (χ1) is 7.79. The Morgan fingerprint density at radius 2 is 1.94 bits per heavy atom. The van der Waals surface area contributed by atoms with E-state index in [4.69, 9.17) is 17.3 Å². The van der Waals surface area contributed by atoms with Crippen LogP contribution in [0.15, 0.2) is 36.7 Å². The summed E-state index contributed by atoms with van der Waals surface area (Å²) in [7, 11) is 0. The number of hydrogen-bond acceptors (Lipinski definition) is 3. The molecule has 3 nitrogen and oxygen atoms in total. The van der Waals surface area contributed by atoms with E-state index in [0.717, 1.165) is 23.4 Å². The fraction of sp³-hybridized carbons (Fsp3) is 0.167. The van der Waals surface area contributed by atoms with E-state index < -0.39 is 0 Å². The van der Waals surface area contributed by atoms with Crippen LogP contribution in [0.1, 0.15) is 5.69 Å². The third-order valence-electron chi connectivity index (χ3n) is 2.23. The molecule has 0 unspecified atom stereocenters. The molecule has 0 bridgehead atoms.